The summed E-state index contributed by atoms with van der Waals surface area (Å²) in [6.45, 7) is 0. The van der Waals surface area contributed by atoms with E-state index < -0.39 is 0 Å². The van der Waals surface area contributed by atoms with Crippen molar-refractivity contribution in [1.82, 2.24) is 0 Å². The van der Waals surface area contributed by atoms with Gasteiger partial charge < -0.3 is 14.1 Å². The van der Waals surface area contributed by atoms with E-state index in [2.05, 4.69) is 163 Å². The molecule has 4 aliphatic carbocycles. The molecule has 0 atom stereocenters. The average molecular weight is 712 g/mol. The molecule has 0 saturated heterocycles. The van der Waals surface area contributed by atoms with Crippen LogP contribution in [0.25, 0.3) is 44.2 Å². The average Bonchev–Trinajstić information content (AvgIpc) is 3.62. The molecule has 3 heteroatoms. The van der Waals surface area contributed by atoms with Crippen LogP contribution < -0.4 is 9.64 Å². The lowest BCUT2D eigenvalue weighted by Gasteiger charge is -2.63. The summed E-state index contributed by atoms with van der Waals surface area (Å²) in [5.41, 5.74) is 12.8. The minimum atomic E-state index is 0.0375. The summed E-state index contributed by atoms with van der Waals surface area (Å²) in [7, 11) is 0. The lowest BCUT2D eigenvalue weighted by Crippen LogP contribution is -2.56. The molecule has 266 valence electrons. The quantitative estimate of drug-likeness (QED) is 0.178. The first kappa shape index (κ1) is 31.3. The van der Waals surface area contributed by atoms with E-state index in [-0.39, 0.29) is 5.41 Å². The van der Waals surface area contributed by atoms with E-state index in [1.165, 1.54) is 65.5 Å². The second-order valence-corrected chi connectivity index (χ2v) is 16.5. The molecule has 4 fully saturated rings. The van der Waals surface area contributed by atoms with Gasteiger partial charge in [-0.15, -0.1) is 0 Å². The summed E-state index contributed by atoms with van der Waals surface area (Å²) in [6, 6.07) is 59.4. The smallest absolute Gasteiger partial charge is 0.136 e. The Kier molecular flexibility index (Phi) is 6.81. The molecule has 0 N–H and O–H groups in total. The number of para-hydroxylation sites is 3. The fourth-order valence-corrected chi connectivity index (χ4v) is 11.8. The summed E-state index contributed by atoms with van der Waals surface area (Å²) in [5.74, 6) is 5.22. The van der Waals surface area contributed by atoms with Crippen molar-refractivity contribution in [3.05, 3.63) is 175 Å². The fraction of sp³-hybridized carbons (Fsp3) is 0.192. The Morgan fingerprint density at radius 1 is 0.455 bits per heavy atom. The molecule has 7 aromatic carbocycles. The third-order valence-corrected chi connectivity index (χ3v) is 13.7. The first-order chi connectivity index (χ1) is 27.2. The topological polar surface area (TPSA) is 25.6 Å². The van der Waals surface area contributed by atoms with Crippen LogP contribution in [0.5, 0.6) is 11.5 Å². The van der Waals surface area contributed by atoms with Crippen molar-refractivity contribution in [3.63, 3.8) is 0 Å². The second-order valence-electron chi connectivity index (χ2n) is 16.5. The zero-order valence-electron chi connectivity index (χ0n) is 30.7. The molecule has 2 heterocycles. The molecule has 4 bridgehead atoms. The van der Waals surface area contributed by atoms with Crippen molar-refractivity contribution in [1.29, 1.82) is 0 Å². The van der Waals surface area contributed by atoms with Gasteiger partial charge in [-0.25, -0.2) is 0 Å². The number of hydrogen-bond donors (Lipinski definition) is 0. The van der Waals surface area contributed by atoms with Gasteiger partial charge in [0.1, 0.15) is 22.7 Å². The molecule has 1 spiro atoms. The van der Waals surface area contributed by atoms with E-state index in [4.69, 9.17) is 9.15 Å². The number of furan rings is 1. The Morgan fingerprint density at radius 3 is 1.89 bits per heavy atom. The molecule has 1 aliphatic heterocycles. The Bertz CT molecular complexity index is 2730. The third kappa shape index (κ3) is 4.62. The van der Waals surface area contributed by atoms with Gasteiger partial charge in [0, 0.05) is 50.4 Å². The Balaban J connectivity index is 0.962. The van der Waals surface area contributed by atoms with E-state index in [9.17, 15) is 0 Å². The summed E-state index contributed by atoms with van der Waals surface area (Å²) < 4.78 is 13.2. The third-order valence-electron chi connectivity index (χ3n) is 13.7. The molecule has 55 heavy (non-hydrogen) atoms. The van der Waals surface area contributed by atoms with Crippen LogP contribution in [0.1, 0.15) is 43.2 Å². The van der Waals surface area contributed by atoms with Gasteiger partial charge in [0.25, 0.3) is 0 Å². The van der Waals surface area contributed by atoms with E-state index >= 15 is 0 Å². The van der Waals surface area contributed by atoms with E-state index in [0.29, 0.717) is 11.8 Å². The molecule has 5 aliphatic rings. The maximum atomic E-state index is 6.92. The van der Waals surface area contributed by atoms with Gasteiger partial charge in [-0.1, -0.05) is 109 Å². The van der Waals surface area contributed by atoms with E-state index in [1.807, 2.05) is 6.07 Å². The van der Waals surface area contributed by atoms with Gasteiger partial charge >= 0.3 is 0 Å². The maximum Gasteiger partial charge on any atom is 0.136 e. The number of anilines is 3. The fourth-order valence-electron chi connectivity index (χ4n) is 11.8. The molecular weight excluding hydrogens is 671 g/mol. The predicted molar refractivity (Wildman–Crippen MR) is 224 cm³/mol. The van der Waals surface area contributed by atoms with Crippen LogP contribution in [0.3, 0.4) is 0 Å². The number of rotatable bonds is 5. The molecule has 4 saturated carbocycles. The van der Waals surface area contributed by atoms with Gasteiger partial charge in [0.15, 0.2) is 0 Å². The van der Waals surface area contributed by atoms with Crippen LogP contribution in [0, 0.1) is 23.7 Å². The van der Waals surface area contributed by atoms with Crippen molar-refractivity contribution in [2.24, 2.45) is 23.7 Å². The first-order valence-electron chi connectivity index (χ1n) is 20.1. The summed E-state index contributed by atoms with van der Waals surface area (Å²) in [4.78, 5) is 2.38. The summed E-state index contributed by atoms with van der Waals surface area (Å²) in [6.07, 6.45) is 6.84. The normalized spacial score (nSPS) is 23.1. The largest absolute Gasteiger partial charge is 0.457 e. The number of benzene rings is 7. The predicted octanol–water partition coefficient (Wildman–Crippen LogP) is 14.2. The zero-order valence-corrected chi connectivity index (χ0v) is 30.7. The zero-order chi connectivity index (χ0) is 36.1. The van der Waals surface area contributed by atoms with Gasteiger partial charge in [0.2, 0.25) is 0 Å². The van der Waals surface area contributed by atoms with Crippen LogP contribution in [0.2, 0.25) is 0 Å². The summed E-state index contributed by atoms with van der Waals surface area (Å²) >= 11 is 0. The molecule has 0 radical (unpaired) electrons. The SMILES string of the molecule is c1ccc(N(c2ccc(-c3ccccc3-c3cccc4oc5ccccc5c34)cc2)c2ccc3c(c2)Oc2ccccc2C32C3CC4CC(C3)CC2C4)cc1. The molecule has 0 unspecified atom stereocenters. The molecular formula is C52H41NO2. The van der Waals surface area contributed by atoms with Crippen molar-refractivity contribution in [2.75, 3.05) is 4.90 Å². The molecule has 13 rings (SSSR count). The monoisotopic (exact) mass is 711 g/mol. The van der Waals surface area contributed by atoms with Crippen molar-refractivity contribution < 1.29 is 9.15 Å². The highest BCUT2D eigenvalue weighted by atomic mass is 16.5. The molecule has 8 aromatic rings. The van der Waals surface area contributed by atoms with Crippen LogP contribution in [-0.4, -0.2) is 0 Å². The number of fused-ring (bicyclic) bond motifs is 5. The highest BCUT2D eigenvalue weighted by Gasteiger charge is 2.61. The Hall–Kier alpha value is -6.06. The van der Waals surface area contributed by atoms with E-state index in [0.717, 1.165) is 62.3 Å². The van der Waals surface area contributed by atoms with Crippen molar-refractivity contribution in [2.45, 2.75) is 37.5 Å². The number of hydrogen-bond acceptors (Lipinski definition) is 3. The van der Waals surface area contributed by atoms with Crippen LogP contribution >= 0.6 is 0 Å². The molecule has 0 amide bonds. The Labute approximate surface area is 321 Å². The van der Waals surface area contributed by atoms with Crippen LogP contribution in [0.15, 0.2) is 168 Å². The van der Waals surface area contributed by atoms with Crippen molar-refractivity contribution >= 4 is 39.0 Å². The minimum absolute atomic E-state index is 0.0375. The number of nitrogens with zero attached hydrogens (tertiary/aromatic N) is 1. The van der Waals surface area contributed by atoms with Gasteiger partial charge in [-0.2, -0.15) is 0 Å². The van der Waals surface area contributed by atoms with Crippen LogP contribution in [0.4, 0.5) is 17.1 Å². The molecule has 1 aromatic heterocycles. The van der Waals surface area contributed by atoms with Gasteiger partial charge in [-0.3, -0.25) is 0 Å². The van der Waals surface area contributed by atoms with Gasteiger partial charge in [0.05, 0.1) is 0 Å². The van der Waals surface area contributed by atoms with Crippen molar-refractivity contribution in [3.8, 4) is 33.8 Å². The maximum absolute atomic E-state index is 6.92. The molecule has 3 nitrogen and oxygen atoms in total. The number of ether oxygens (including phenoxy) is 1. The standard InChI is InChI=1S/C52H41NO2/c1-2-11-38(12-3-1)53(40-25-26-46-50(32-40)55-48-19-9-7-17-45(48)52(46)36-28-33-27-34(30-36)31-37(52)29-33)39-23-21-35(22-24-39)41-13-4-5-14-42(41)43-16-10-20-49-51(43)44-15-6-8-18-47(44)54-49/h1-26,32-34,36-37H,27-31H2. The Morgan fingerprint density at radius 2 is 1.07 bits per heavy atom. The highest BCUT2D eigenvalue weighted by molar-refractivity contribution is 6.13. The van der Waals surface area contributed by atoms with Gasteiger partial charge in [-0.05, 0) is 127 Å². The second kappa shape index (κ2) is 12.0. The lowest BCUT2D eigenvalue weighted by molar-refractivity contribution is -0.0452. The minimum Gasteiger partial charge on any atom is -0.457 e. The lowest BCUT2D eigenvalue weighted by atomic mass is 9.42. The van der Waals surface area contributed by atoms with E-state index in [1.54, 1.807) is 0 Å². The first-order valence-corrected chi connectivity index (χ1v) is 20.1. The highest BCUT2D eigenvalue weighted by Crippen LogP contribution is 2.69. The van der Waals surface area contributed by atoms with Crippen LogP contribution in [-0.2, 0) is 5.41 Å². The summed E-state index contributed by atoms with van der Waals surface area (Å²) in [5, 5.41) is 2.30.